The first kappa shape index (κ1) is 11.3. The minimum atomic E-state index is 0.535. The van der Waals surface area contributed by atoms with Gasteiger partial charge in [-0.3, -0.25) is 0 Å². The number of thiophene rings is 1. The summed E-state index contributed by atoms with van der Waals surface area (Å²) in [6.07, 6.45) is 1.62. The van der Waals surface area contributed by atoms with Crippen molar-refractivity contribution in [2.45, 2.75) is 0 Å². The monoisotopic (exact) mass is 274 g/mol. The third-order valence-corrected chi connectivity index (χ3v) is 3.87. The number of nitrogens with two attached hydrogens (primary N) is 1. The maximum atomic E-state index is 6.00. The minimum absolute atomic E-state index is 0.535. The van der Waals surface area contributed by atoms with Crippen LogP contribution in [0, 0.1) is 4.64 Å². The molecule has 0 unspecified atom stereocenters. The topological polar surface area (TPSA) is 54.9 Å². The molecule has 0 radical (unpaired) electrons. The highest BCUT2D eigenvalue weighted by molar-refractivity contribution is 7.71. The van der Waals surface area contributed by atoms with Crippen molar-refractivity contribution in [2.24, 2.45) is 0 Å². The number of furan rings is 1. The zero-order chi connectivity index (χ0) is 12.5. The van der Waals surface area contributed by atoms with E-state index in [2.05, 4.69) is 4.98 Å². The smallest absolute Gasteiger partial charge is 0.136 e. The second-order valence-electron chi connectivity index (χ2n) is 3.79. The third kappa shape index (κ3) is 1.87. The van der Waals surface area contributed by atoms with Gasteiger partial charge >= 0.3 is 0 Å². The fourth-order valence-electron chi connectivity index (χ4n) is 1.77. The molecule has 0 spiro atoms. The second-order valence-corrected chi connectivity index (χ2v) is 5.15. The molecule has 0 bridgehead atoms. The number of H-pyrrole nitrogens is 1. The number of aromatic nitrogens is 1. The maximum Gasteiger partial charge on any atom is 0.136 e. The normalized spacial score (nSPS) is 10.7. The van der Waals surface area contributed by atoms with Gasteiger partial charge in [0.1, 0.15) is 10.4 Å². The number of rotatable bonds is 2. The number of hydrogen-bond acceptors (Lipinski definition) is 4. The number of hydrogen-bond donors (Lipinski definition) is 2. The molecule has 0 aliphatic carbocycles. The molecule has 0 saturated heterocycles. The van der Waals surface area contributed by atoms with Gasteiger partial charge in [0.15, 0.2) is 0 Å². The van der Waals surface area contributed by atoms with E-state index in [1.165, 1.54) is 0 Å². The van der Waals surface area contributed by atoms with Crippen LogP contribution in [0.15, 0.2) is 46.4 Å². The highest BCUT2D eigenvalue weighted by atomic mass is 32.1. The fourth-order valence-corrected chi connectivity index (χ4v) is 2.69. The number of nitrogen functional groups attached to an aromatic ring is 1. The van der Waals surface area contributed by atoms with Crippen LogP contribution in [0.25, 0.3) is 21.9 Å². The first-order valence-corrected chi connectivity index (χ1v) is 6.65. The number of aromatic amines is 1. The standard InChI is InChI=1S/C13H10N2OS2/c14-12-8(10-3-1-5-16-10)7-9(15-13(12)17)11-4-2-6-18-11/h1-7H,14H2,(H,15,17). The zero-order valence-corrected chi connectivity index (χ0v) is 11.0. The van der Waals surface area contributed by atoms with Gasteiger partial charge in [-0.15, -0.1) is 11.3 Å². The lowest BCUT2D eigenvalue weighted by molar-refractivity contribution is 0.582. The van der Waals surface area contributed by atoms with Crippen molar-refractivity contribution in [3.8, 4) is 21.9 Å². The van der Waals surface area contributed by atoms with E-state index in [0.29, 0.717) is 10.3 Å². The lowest BCUT2D eigenvalue weighted by atomic mass is 10.1. The molecular formula is C13H10N2OS2. The van der Waals surface area contributed by atoms with Crippen molar-refractivity contribution in [1.29, 1.82) is 0 Å². The number of nitrogens with one attached hydrogen (secondary N) is 1. The Bertz CT molecular complexity index is 712. The third-order valence-electron chi connectivity index (χ3n) is 2.64. The Balaban J connectivity index is 2.24. The molecule has 3 aromatic rings. The predicted octanol–water partition coefficient (Wildman–Crippen LogP) is 4.31. The van der Waals surface area contributed by atoms with Crippen LogP contribution in [-0.2, 0) is 0 Å². The average molecular weight is 274 g/mol. The maximum absolute atomic E-state index is 6.00. The molecule has 5 heteroatoms. The summed E-state index contributed by atoms with van der Waals surface area (Å²) in [5.74, 6) is 0.727. The van der Waals surface area contributed by atoms with Crippen molar-refractivity contribution >= 4 is 29.2 Å². The van der Waals surface area contributed by atoms with Crippen molar-refractivity contribution in [1.82, 2.24) is 4.98 Å². The lowest BCUT2D eigenvalue weighted by Gasteiger charge is -2.06. The summed E-state index contributed by atoms with van der Waals surface area (Å²) in [5.41, 5.74) is 8.33. The lowest BCUT2D eigenvalue weighted by Crippen LogP contribution is -1.94. The van der Waals surface area contributed by atoms with Crippen LogP contribution in [-0.4, -0.2) is 4.98 Å². The fraction of sp³-hybridized carbons (Fsp3) is 0. The molecule has 0 aliphatic rings. The summed E-state index contributed by atoms with van der Waals surface area (Å²) in [7, 11) is 0. The molecule has 3 rings (SSSR count). The van der Waals surface area contributed by atoms with Gasteiger partial charge in [0.25, 0.3) is 0 Å². The molecule has 0 fully saturated rings. The van der Waals surface area contributed by atoms with E-state index < -0.39 is 0 Å². The van der Waals surface area contributed by atoms with Crippen LogP contribution in [0.1, 0.15) is 0 Å². The van der Waals surface area contributed by atoms with Crippen LogP contribution in [0.4, 0.5) is 5.69 Å². The number of anilines is 1. The molecule has 0 aliphatic heterocycles. The molecular weight excluding hydrogens is 264 g/mol. The van der Waals surface area contributed by atoms with Gasteiger partial charge in [0, 0.05) is 5.56 Å². The van der Waals surface area contributed by atoms with E-state index in [1.807, 2.05) is 35.7 Å². The summed E-state index contributed by atoms with van der Waals surface area (Å²) in [6.45, 7) is 0. The first-order valence-electron chi connectivity index (χ1n) is 5.36. The van der Waals surface area contributed by atoms with E-state index in [4.69, 9.17) is 22.4 Å². The quantitative estimate of drug-likeness (QED) is 0.684. The van der Waals surface area contributed by atoms with Crippen molar-refractivity contribution in [2.75, 3.05) is 5.73 Å². The van der Waals surface area contributed by atoms with E-state index in [-0.39, 0.29) is 0 Å². The van der Waals surface area contributed by atoms with Gasteiger partial charge in [-0.25, -0.2) is 0 Å². The largest absolute Gasteiger partial charge is 0.464 e. The summed E-state index contributed by atoms with van der Waals surface area (Å²) in [4.78, 5) is 4.26. The summed E-state index contributed by atoms with van der Waals surface area (Å²) >= 11 is 6.91. The summed E-state index contributed by atoms with van der Waals surface area (Å²) in [6, 6.07) is 9.71. The molecule has 18 heavy (non-hydrogen) atoms. The Morgan fingerprint density at radius 2 is 2.17 bits per heavy atom. The Hall–Kier alpha value is -1.85. The van der Waals surface area contributed by atoms with E-state index in [9.17, 15) is 0 Å². The summed E-state index contributed by atoms with van der Waals surface area (Å²) in [5, 5.41) is 2.02. The van der Waals surface area contributed by atoms with Crippen LogP contribution >= 0.6 is 23.6 Å². The van der Waals surface area contributed by atoms with Gasteiger partial charge in [-0.1, -0.05) is 18.3 Å². The Labute approximate surface area is 113 Å². The van der Waals surface area contributed by atoms with Crippen molar-refractivity contribution in [3.63, 3.8) is 0 Å². The van der Waals surface area contributed by atoms with Crippen LogP contribution in [0.2, 0.25) is 0 Å². The molecule has 0 aromatic carbocycles. The molecule has 0 saturated carbocycles. The molecule has 3 N–H and O–H groups in total. The molecule has 0 atom stereocenters. The Morgan fingerprint density at radius 1 is 1.28 bits per heavy atom. The van der Waals surface area contributed by atoms with E-state index in [0.717, 1.165) is 21.9 Å². The molecule has 90 valence electrons. The SMILES string of the molecule is Nc1c(-c2ccco2)cc(-c2cccs2)[nH]c1=S. The van der Waals surface area contributed by atoms with Crippen molar-refractivity contribution in [3.05, 3.63) is 46.6 Å². The molecule has 3 heterocycles. The van der Waals surface area contributed by atoms with Crippen LogP contribution in [0.3, 0.4) is 0 Å². The van der Waals surface area contributed by atoms with E-state index >= 15 is 0 Å². The average Bonchev–Trinajstić information content (AvgIpc) is 3.03. The minimum Gasteiger partial charge on any atom is -0.464 e. The molecule has 3 aromatic heterocycles. The Morgan fingerprint density at radius 3 is 2.83 bits per heavy atom. The van der Waals surface area contributed by atoms with Crippen LogP contribution in [0.5, 0.6) is 0 Å². The van der Waals surface area contributed by atoms with Crippen molar-refractivity contribution < 1.29 is 4.42 Å². The van der Waals surface area contributed by atoms with Gasteiger partial charge in [0.2, 0.25) is 0 Å². The number of pyridine rings is 1. The van der Waals surface area contributed by atoms with Gasteiger partial charge in [0.05, 0.1) is 22.5 Å². The molecule has 0 amide bonds. The van der Waals surface area contributed by atoms with E-state index in [1.54, 1.807) is 17.6 Å². The first-order chi connectivity index (χ1) is 8.75. The highest BCUT2D eigenvalue weighted by Crippen LogP contribution is 2.32. The second kappa shape index (κ2) is 4.44. The highest BCUT2D eigenvalue weighted by Gasteiger charge is 2.10. The zero-order valence-electron chi connectivity index (χ0n) is 9.34. The van der Waals surface area contributed by atoms with Gasteiger partial charge in [-0.05, 0) is 29.6 Å². The van der Waals surface area contributed by atoms with Gasteiger partial charge in [-0.2, -0.15) is 0 Å². The van der Waals surface area contributed by atoms with Crippen LogP contribution < -0.4 is 5.73 Å². The van der Waals surface area contributed by atoms with Gasteiger partial charge < -0.3 is 15.1 Å². The Kier molecular flexibility index (Phi) is 2.77. The predicted molar refractivity (Wildman–Crippen MR) is 77.1 cm³/mol. The molecule has 3 nitrogen and oxygen atoms in total. The summed E-state index contributed by atoms with van der Waals surface area (Å²) < 4.78 is 5.93.